The van der Waals surface area contributed by atoms with Gasteiger partial charge in [-0.3, -0.25) is 4.90 Å². The van der Waals surface area contributed by atoms with Gasteiger partial charge in [-0.1, -0.05) is 24.9 Å². The molecule has 0 saturated carbocycles. The molecule has 0 atom stereocenters. The van der Waals surface area contributed by atoms with Crippen molar-refractivity contribution in [3.05, 3.63) is 40.7 Å². The first-order valence-electron chi connectivity index (χ1n) is 11.6. The predicted octanol–water partition coefficient (Wildman–Crippen LogP) is 4.47. The lowest BCUT2D eigenvalue weighted by atomic mass is 10.1. The maximum absolute atomic E-state index is 13.6. The van der Waals surface area contributed by atoms with Crippen LogP contribution < -0.4 is 10.1 Å². The molecule has 0 unspecified atom stereocenters. The summed E-state index contributed by atoms with van der Waals surface area (Å²) in [6.45, 7) is 6.93. The van der Waals surface area contributed by atoms with Gasteiger partial charge in [-0.25, -0.2) is 4.98 Å². The lowest BCUT2D eigenvalue weighted by molar-refractivity contribution is -0.138. The summed E-state index contributed by atoms with van der Waals surface area (Å²) >= 11 is 6.01. The van der Waals surface area contributed by atoms with Gasteiger partial charge in [0.15, 0.2) is 17.0 Å². The number of nitrogens with one attached hydrogen (secondary N) is 1. The quantitative estimate of drug-likeness (QED) is 0.402. The molecule has 0 amide bonds. The van der Waals surface area contributed by atoms with E-state index in [4.69, 9.17) is 21.1 Å². The smallest absolute Gasteiger partial charge is 0.416 e. The van der Waals surface area contributed by atoms with Crippen LogP contribution in [0.25, 0.3) is 11.2 Å². The van der Waals surface area contributed by atoms with Crippen LogP contribution in [-0.2, 0) is 17.5 Å². The number of anilines is 1. The number of rotatable bonds is 10. The number of hydrogen-bond acceptors (Lipinski definition) is 7. The van der Waals surface area contributed by atoms with Gasteiger partial charge in [0.05, 0.1) is 38.3 Å². The highest BCUT2D eigenvalue weighted by Crippen LogP contribution is 2.34. The van der Waals surface area contributed by atoms with Crippen LogP contribution in [0, 0.1) is 0 Å². The first kappa shape index (κ1) is 25.5. The normalized spacial score (nSPS) is 15.0. The second kappa shape index (κ2) is 11.4. The lowest BCUT2D eigenvalue weighted by Gasteiger charge is -2.26. The van der Waals surface area contributed by atoms with Gasteiger partial charge in [0.2, 0.25) is 0 Å². The van der Waals surface area contributed by atoms with E-state index in [0.717, 1.165) is 38.5 Å². The SMILES string of the molecule is CCCCOc1nc(NCCN2CCOCC2)c2ncn(Cc3cc(Cl)ccc3C(F)(F)F)c2n1. The van der Waals surface area contributed by atoms with Gasteiger partial charge in [0.25, 0.3) is 0 Å². The summed E-state index contributed by atoms with van der Waals surface area (Å²) in [6.07, 6.45) is -1.27. The molecule has 8 nitrogen and oxygen atoms in total. The third-order valence-electron chi connectivity index (χ3n) is 5.71. The first-order chi connectivity index (χ1) is 16.8. The molecule has 1 N–H and O–H groups in total. The topological polar surface area (TPSA) is 77.3 Å². The van der Waals surface area contributed by atoms with Crippen molar-refractivity contribution >= 4 is 28.6 Å². The summed E-state index contributed by atoms with van der Waals surface area (Å²) < 4.78 is 53.4. The molecule has 0 spiro atoms. The average molecular weight is 513 g/mol. The number of aromatic nitrogens is 4. The van der Waals surface area contributed by atoms with Crippen molar-refractivity contribution in [1.29, 1.82) is 0 Å². The fourth-order valence-electron chi connectivity index (χ4n) is 3.85. The number of nitrogens with zero attached hydrogens (tertiary/aromatic N) is 5. The molecule has 35 heavy (non-hydrogen) atoms. The van der Waals surface area contributed by atoms with E-state index in [-0.39, 0.29) is 23.1 Å². The number of alkyl halides is 3. The molecule has 2 aromatic heterocycles. The molecule has 1 aliphatic heterocycles. The van der Waals surface area contributed by atoms with E-state index < -0.39 is 11.7 Å². The van der Waals surface area contributed by atoms with Crippen molar-refractivity contribution in [2.45, 2.75) is 32.5 Å². The molecular formula is C23H28ClF3N6O2. The average Bonchev–Trinajstić information content (AvgIpc) is 3.22. The largest absolute Gasteiger partial charge is 0.463 e. The van der Waals surface area contributed by atoms with E-state index in [1.807, 2.05) is 6.92 Å². The fraction of sp³-hybridized carbons (Fsp3) is 0.522. The molecule has 1 aliphatic rings. The van der Waals surface area contributed by atoms with Crippen molar-refractivity contribution in [3.63, 3.8) is 0 Å². The van der Waals surface area contributed by atoms with Crippen molar-refractivity contribution in [3.8, 4) is 6.01 Å². The lowest BCUT2D eigenvalue weighted by Crippen LogP contribution is -2.39. The minimum atomic E-state index is -4.51. The summed E-state index contributed by atoms with van der Waals surface area (Å²) in [4.78, 5) is 15.6. The Kier molecular flexibility index (Phi) is 8.30. The van der Waals surface area contributed by atoms with Crippen LogP contribution in [0.5, 0.6) is 6.01 Å². The molecule has 190 valence electrons. The second-order valence-corrected chi connectivity index (χ2v) is 8.72. The third kappa shape index (κ3) is 6.53. The van der Waals surface area contributed by atoms with E-state index in [9.17, 15) is 13.2 Å². The van der Waals surface area contributed by atoms with Crippen molar-refractivity contribution in [2.24, 2.45) is 0 Å². The molecule has 1 saturated heterocycles. The zero-order valence-electron chi connectivity index (χ0n) is 19.4. The highest BCUT2D eigenvalue weighted by molar-refractivity contribution is 6.30. The number of morpholine rings is 1. The van der Waals surface area contributed by atoms with Crippen molar-refractivity contribution < 1.29 is 22.6 Å². The summed E-state index contributed by atoms with van der Waals surface area (Å²) in [7, 11) is 0. The van der Waals surface area contributed by atoms with Crippen LogP contribution >= 0.6 is 11.6 Å². The molecule has 3 heterocycles. The van der Waals surface area contributed by atoms with Crippen LogP contribution in [-0.4, -0.2) is 70.4 Å². The number of unbranched alkanes of at least 4 members (excludes halogenated alkanes) is 1. The molecule has 0 radical (unpaired) electrons. The van der Waals surface area contributed by atoms with E-state index >= 15 is 0 Å². The zero-order valence-corrected chi connectivity index (χ0v) is 20.2. The zero-order chi connectivity index (χ0) is 24.8. The van der Waals surface area contributed by atoms with Gasteiger partial charge in [0, 0.05) is 31.2 Å². The molecule has 1 fully saturated rings. The summed E-state index contributed by atoms with van der Waals surface area (Å²) in [5.74, 6) is 0.482. The third-order valence-corrected chi connectivity index (χ3v) is 5.95. The Labute approximate surface area is 206 Å². The van der Waals surface area contributed by atoms with Crippen LogP contribution in [0.4, 0.5) is 19.0 Å². The van der Waals surface area contributed by atoms with E-state index in [1.54, 1.807) is 4.57 Å². The number of hydrogen-bond donors (Lipinski definition) is 1. The summed E-state index contributed by atoms with van der Waals surface area (Å²) in [6, 6.07) is 3.70. The molecular weight excluding hydrogens is 485 g/mol. The van der Waals surface area contributed by atoms with Gasteiger partial charge in [-0.2, -0.15) is 23.1 Å². The summed E-state index contributed by atoms with van der Waals surface area (Å²) in [5.41, 5.74) is 0.123. The number of fused-ring (bicyclic) bond motifs is 1. The molecule has 0 aliphatic carbocycles. The van der Waals surface area contributed by atoms with Gasteiger partial charge in [-0.15, -0.1) is 0 Å². The Morgan fingerprint density at radius 1 is 1.20 bits per heavy atom. The maximum atomic E-state index is 13.6. The molecule has 1 aromatic carbocycles. The summed E-state index contributed by atoms with van der Waals surface area (Å²) in [5, 5.41) is 3.52. The van der Waals surface area contributed by atoms with Gasteiger partial charge in [-0.05, 0) is 30.2 Å². The van der Waals surface area contributed by atoms with E-state index in [1.165, 1.54) is 18.5 Å². The van der Waals surface area contributed by atoms with Crippen molar-refractivity contribution in [2.75, 3.05) is 51.3 Å². The van der Waals surface area contributed by atoms with E-state index in [0.29, 0.717) is 43.3 Å². The maximum Gasteiger partial charge on any atom is 0.416 e. The monoisotopic (exact) mass is 512 g/mol. The van der Waals surface area contributed by atoms with Crippen molar-refractivity contribution in [1.82, 2.24) is 24.4 Å². The van der Waals surface area contributed by atoms with Crippen LogP contribution in [0.2, 0.25) is 5.02 Å². The van der Waals surface area contributed by atoms with Gasteiger partial charge >= 0.3 is 12.2 Å². The Morgan fingerprint density at radius 2 is 2.00 bits per heavy atom. The van der Waals surface area contributed by atoms with Gasteiger partial charge in [0.1, 0.15) is 0 Å². The standard InChI is InChI=1S/C23H28ClF3N6O2/c1-2-3-10-35-22-30-20(28-6-7-32-8-11-34-12-9-32)19-21(31-22)33(15-29-19)14-16-13-17(24)4-5-18(16)23(25,26)27/h4-5,13,15H,2-3,6-12,14H2,1H3,(H,28,30,31). The second-order valence-electron chi connectivity index (χ2n) is 8.28. The molecule has 12 heteroatoms. The Hall–Kier alpha value is -2.63. The molecule has 3 aromatic rings. The fourth-order valence-corrected chi connectivity index (χ4v) is 4.04. The molecule has 4 rings (SSSR count). The molecule has 0 bridgehead atoms. The van der Waals surface area contributed by atoms with Crippen LogP contribution in [0.3, 0.4) is 0 Å². The highest BCUT2D eigenvalue weighted by Gasteiger charge is 2.33. The number of benzene rings is 1. The number of imidazole rings is 1. The van der Waals surface area contributed by atoms with E-state index in [2.05, 4.69) is 25.2 Å². The van der Waals surface area contributed by atoms with Crippen LogP contribution in [0.15, 0.2) is 24.5 Å². The number of ether oxygens (including phenoxy) is 2. The van der Waals surface area contributed by atoms with Crippen LogP contribution in [0.1, 0.15) is 30.9 Å². The highest BCUT2D eigenvalue weighted by atomic mass is 35.5. The minimum absolute atomic E-state index is 0.0261. The Morgan fingerprint density at radius 3 is 2.74 bits per heavy atom. The Balaban J connectivity index is 1.62. The number of halogens is 4. The predicted molar refractivity (Wildman–Crippen MR) is 127 cm³/mol. The Bertz CT molecular complexity index is 1130. The first-order valence-corrected chi connectivity index (χ1v) is 12.0. The minimum Gasteiger partial charge on any atom is -0.463 e. The van der Waals surface area contributed by atoms with Gasteiger partial charge < -0.3 is 19.4 Å².